The lowest BCUT2D eigenvalue weighted by Gasteiger charge is -2.26. The Kier molecular flexibility index (Phi) is 5.01. The van der Waals surface area contributed by atoms with Gasteiger partial charge in [0.2, 0.25) is 0 Å². The van der Waals surface area contributed by atoms with Gasteiger partial charge in [0, 0.05) is 6.04 Å². The van der Waals surface area contributed by atoms with Gasteiger partial charge in [-0.05, 0) is 51.2 Å². The lowest BCUT2D eigenvalue weighted by atomic mass is 9.95. The summed E-state index contributed by atoms with van der Waals surface area (Å²) in [4.78, 5) is 11.4. The summed E-state index contributed by atoms with van der Waals surface area (Å²) in [5.41, 5.74) is -0.798. The van der Waals surface area contributed by atoms with Gasteiger partial charge in [0.25, 0.3) is 0 Å². The van der Waals surface area contributed by atoms with E-state index in [-0.39, 0.29) is 0 Å². The molecule has 0 heterocycles. The molecule has 1 aromatic carbocycles. The number of hydrogen-bond acceptors (Lipinski definition) is 3. The minimum absolute atomic E-state index is 0.400. The van der Waals surface area contributed by atoms with Crippen molar-refractivity contribution in [1.29, 1.82) is 0 Å². The van der Waals surface area contributed by atoms with Gasteiger partial charge in [-0.15, -0.1) is 0 Å². The minimum atomic E-state index is -0.798. The zero-order valence-electron chi connectivity index (χ0n) is 12.0. The highest BCUT2D eigenvalue weighted by molar-refractivity contribution is 5.78. The SMILES string of the molecule is CC(CCCCOc1ccccc1)(NC1CC1)C(=O)O. The van der Waals surface area contributed by atoms with Crippen LogP contribution in [0.1, 0.15) is 39.0 Å². The van der Waals surface area contributed by atoms with Gasteiger partial charge in [0.15, 0.2) is 0 Å². The lowest BCUT2D eigenvalue weighted by Crippen LogP contribution is -2.50. The molecular weight excluding hydrogens is 254 g/mol. The predicted octanol–water partition coefficient (Wildman–Crippen LogP) is 2.83. The van der Waals surface area contributed by atoms with Gasteiger partial charge in [0.1, 0.15) is 11.3 Å². The van der Waals surface area contributed by atoms with Crippen LogP contribution in [0.15, 0.2) is 30.3 Å². The summed E-state index contributed by atoms with van der Waals surface area (Å²) in [5, 5.41) is 12.6. The molecule has 1 unspecified atom stereocenters. The van der Waals surface area contributed by atoms with E-state index < -0.39 is 11.5 Å². The van der Waals surface area contributed by atoms with Gasteiger partial charge in [-0.25, -0.2) is 0 Å². The Morgan fingerprint density at radius 2 is 2.05 bits per heavy atom. The van der Waals surface area contributed by atoms with Crippen LogP contribution in [0, 0.1) is 0 Å². The summed E-state index contributed by atoms with van der Waals surface area (Å²) in [6.07, 6.45) is 4.54. The molecule has 4 nitrogen and oxygen atoms in total. The zero-order valence-corrected chi connectivity index (χ0v) is 12.0. The molecule has 110 valence electrons. The van der Waals surface area contributed by atoms with Gasteiger partial charge in [0.05, 0.1) is 6.61 Å². The monoisotopic (exact) mass is 277 g/mol. The maximum atomic E-state index is 11.4. The second-order valence-corrected chi connectivity index (χ2v) is 5.67. The van der Waals surface area contributed by atoms with Crippen molar-refractivity contribution in [3.63, 3.8) is 0 Å². The second-order valence-electron chi connectivity index (χ2n) is 5.67. The van der Waals surface area contributed by atoms with Gasteiger partial charge in [-0.2, -0.15) is 0 Å². The normalized spacial score (nSPS) is 17.4. The second kappa shape index (κ2) is 6.75. The summed E-state index contributed by atoms with van der Waals surface area (Å²) >= 11 is 0. The summed E-state index contributed by atoms with van der Waals surface area (Å²) in [6.45, 7) is 2.41. The number of rotatable bonds is 9. The van der Waals surface area contributed by atoms with Crippen LogP contribution in [0.5, 0.6) is 5.75 Å². The summed E-state index contributed by atoms with van der Waals surface area (Å²) in [6, 6.07) is 10.1. The Labute approximate surface area is 120 Å². The van der Waals surface area contributed by atoms with Crippen molar-refractivity contribution in [3.8, 4) is 5.75 Å². The largest absolute Gasteiger partial charge is 0.494 e. The van der Waals surface area contributed by atoms with E-state index in [4.69, 9.17) is 4.74 Å². The average Bonchev–Trinajstić information content (AvgIpc) is 3.23. The van der Waals surface area contributed by atoms with Crippen molar-refractivity contribution in [1.82, 2.24) is 5.32 Å². The first kappa shape index (κ1) is 14.9. The maximum absolute atomic E-state index is 11.4. The highest BCUT2D eigenvalue weighted by Crippen LogP contribution is 2.25. The van der Waals surface area contributed by atoms with E-state index in [1.807, 2.05) is 30.3 Å². The molecule has 0 aromatic heterocycles. The van der Waals surface area contributed by atoms with Gasteiger partial charge >= 0.3 is 5.97 Å². The summed E-state index contributed by atoms with van der Waals surface area (Å²) < 4.78 is 5.61. The third-order valence-electron chi connectivity index (χ3n) is 3.66. The Morgan fingerprint density at radius 1 is 1.35 bits per heavy atom. The Balaban J connectivity index is 1.67. The molecule has 0 aliphatic heterocycles. The molecule has 1 saturated carbocycles. The fourth-order valence-corrected chi connectivity index (χ4v) is 2.21. The van der Waals surface area contributed by atoms with Crippen LogP contribution in [0.25, 0.3) is 0 Å². The highest BCUT2D eigenvalue weighted by Gasteiger charge is 2.37. The topological polar surface area (TPSA) is 58.6 Å². The Bertz CT molecular complexity index is 431. The van der Waals surface area contributed by atoms with Gasteiger partial charge < -0.3 is 9.84 Å². The van der Waals surface area contributed by atoms with Crippen LogP contribution in [-0.4, -0.2) is 29.3 Å². The van der Waals surface area contributed by atoms with Crippen molar-refractivity contribution in [3.05, 3.63) is 30.3 Å². The van der Waals surface area contributed by atoms with Crippen LogP contribution in [0.2, 0.25) is 0 Å². The number of nitrogens with one attached hydrogen (secondary N) is 1. The van der Waals surface area contributed by atoms with Gasteiger partial charge in [-0.1, -0.05) is 18.2 Å². The van der Waals surface area contributed by atoms with Crippen LogP contribution < -0.4 is 10.1 Å². The molecule has 2 rings (SSSR count). The molecule has 2 N–H and O–H groups in total. The quantitative estimate of drug-likeness (QED) is 0.681. The van der Waals surface area contributed by atoms with E-state index in [0.29, 0.717) is 19.1 Å². The smallest absolute Gasteiger partial charge is 0.323 e. The molecule has 20 heavy (non-hydrogen) atoms. The predicted molar refractivity (Wildman–Crippen MR) is 78.0 cm³/mol. The molecule has 0 saturated heterocycles. The number of benzene rings is 1. The highest BCUT2D eigenvalue weighted by atomic mass is 16.5. The van der Waals surface area contributed by atoms with Crippen molar-refractivity contribution >= 4 is 5.97 Å². The number of carbonyl (C=O) groups is 1. The molecule has 0 spiro atoms. The molecular formula is C16H23NO3. The third-order valence-corrected chi connectivity index (χ3v) is 3.66. The zero-order chi connectivity index (χ0) is 14.4. The van der Waals surface area contributed by atoms with Crippen molar-refractivity contribution in [2.45, 2.75) is 50.6 Å². The summed E-state index contributed by atoms with van der Waals surface area (Å²) in [7, 11) is 0. The van der Waals surface area contributed by atoms with Crippen LogP contribution in [0.4, 0.5) is 0 Å². The number of hydrogen-bond donors (Lipinski definition) is 2. The van der Waals surface area contributed by atoms with Crippen molar-refractivity contribution in [2.75, 3.05) is 6.61 Å². The number of ether oxygens (including phenoxy) is 1. The molecule has 1 aliphatic carbocycles. The molecule has 0 radical (unpaired) electrons. The van der Waals surface area contributed by atoms with Crippen LogP contribution in [0.3, 0.4) is 0 Å². The van der Waals surface area contributed by atoms with Crippen molar-refractivity contribution < 1.29 is 14.6 Å². The number of para-hydroxylation sites is 1. The van der Waals surface area contributed by atoms with Crippen LogP contribution in [-0.2, 0) is 4.79 Å². The van der Waals surface area contributed by atoms with E-state index >= 15 is 0 Å². The Morgan fingerprint density at radius 3 is 2.65 bits per heavy atom. The fraction of sp³-hybridized carbons (Fsp3) is 0.562. The summed E-state index contributed by atoms with van der Waals surface area (Å²) in [5.74, 6) is 0.109. The maximum Gasteiger partial charge on any atom is 0.323 e. The molecule has 1 atom stereocenters. The van der Waals surface area contributed by atoms with Gasteiger partial charge in [-0.3, -0.25) is 10.1 Å². The van der Waals surface area contributed by atoms with E-state index in [1.165, 1.54) is 0 Å². The number of carboxylic acids is 1. The van der Waals surface area contributed by atoms with E-state index in [9.17, 15) is 9.90 Å². The molecule has 4 heteroatoms. The van der Waals surface area contributed by atoms with E-state index in [1.54, 1.807) is 6.92 Å². The first-order chi connectivity index (χ1) is 9.60. The lowest BCUT2D eigenvalue weighted by molar-refractivity contribution is -0.144. The Hall–Kier alpha value is -1.55. The molecule has 1 aliphatic rings. The fourth-order valence-electron chi connectivity index (χ4n) is 2.21. The molecule has 0 bridgehead atoms. The number of aliphatic carboxylic acids is 1. The number of carboxylic acid groups (broad SMARTS) is 1. The standard InChI is InChI=1S/C16H23NO3/c1-16(15(18)19,17-13-9-10-13)11-5-6-12-20-14-7-3-2-4-8-14/h2-4,7-8,13,17H,5-6,9-12H2,1H3,(H,18,19). The first-order valence-electron chi connectivity index (χ1n) is 7.29. The third kappa shape index (κ3) is 4.53. The van der Waals surface area contributed by atoms with E-state index in [0.717, 1.165) is 31.4 Å². The minimum Gasteiger partial charge on any atom is -0.494 e. The first-order valence-corrected chi connectivity index (χ1v) is 7.29. The number of unbranched alkanes of at least 4 members (excludes halogenated alkanes) is 1. The van der Waals surface area contributed by atoms with Crippen LogP contribution >= 0.6 is 0 Å². The molecule has 1 aromatic rings. The van der Waals surface area contributed by atoms with Crippen molar-refractivity contribution in [2.24, 2.45) is 0 Å². The van der Waals surface area contributed by atoms with E-state index in [2.05, 4.69) is 5.32 Å². The molecule has 0 amide bonds. The average molecular weight is 277 g/mol. The molecule has 1 fully saturated rings.